The molecule has 0 radical (unpaired) electrons. The zero-order chi connectivity index (χ0) is 9.90. The fourth-order valence-electron chi connectivity index (χ4n) is 0.759. The summed E-state index contributed by atoms with van der Waals surface area (Å²) in [4.78, 5) is 10.9. The highest BCUT2D eigenvalue weighted by atomic mass is 32.2. The van der Waals surface area contributed by atoms with Crippen molar-refractivity contribution in [1.82, 2.24) is 4.72 Å². The Bertz CT molecular complexity index is 381. The average molecular weight is 221 g/mol. The van der Waals surface area contributed by atoms with Gasteiger partial charge in [-0.05, 0) is 22.4 Å². The van der Waals surface area contributed by atoms with E-state index in [1.165, 1.54) is 16.1 Å². The van der Waals surface area contributed by atoms with Gasteiger partial charge in [0.1, 0.15) is 0 Å². The highest BCUT2D eigenvalue weighted by Gasteiger charge is 2.10. The molecule has 0 bridgehead atoms. The van der Waals surface area contributed by atoms with Crippen LogP contribution in [-0.2, 0) is 21.5 Å². The van der Waals surface area contributed by atoms with Crippen LogP contribution < -0.4 is 4.72 Å². The molecule has 1 aromatic heterocycles. The number of rotatable bonds is 3. The summed E-state index contributed by atoms with van der Waals surface area (Å²) in [6, 6.07) is 1.70. The number of hydrogen-bond donors (Lipinski definition) is 2. The van der Waals surface area contributed by atoms with Crippen molar-refractivity contribution in [3.05, 3.63) is 22.4 Å². The molecular weight excluding hydrogens is 214 g/mol. The van der Waals surface area contributed by atoms with Crippen molar-refractivity contribution in [3.63, 3.8) is 0 Å². The normalized spacial score (nSPS) is 11.2. The lowest BCUT2D eigenvalue weighted by Crippen LogP contribution is -2.30. The molecule has 0 spiro atoms. The van der Waals surface area contributed by atoms with Crippen molar-refractivity contribution >= 4 is 27.5 Å². The minimum absolute atomic E-state index is 0.0523. The Morgan fingerprint density at radius 2 is 2.31 bits per heavy atom. The Labute approximate surface area is 79.3 Å². The maximum absolute atomic E-state index is 10.9. The molecule has 1 aromatic rings. The molecule has 0 atom stereocenters. The van der Waals surface area contributed by atoms with Crippen LogP contribution in [0.4, 0.5) is 0 Å². The number of carbonyl (C=O) groups is 1. The minimum Gasteiger partial charge on any atom is -0.274 e. The zero-order valence-corrected chi connectivity index (χ0v) is 8.06. The maximum atomic E-state index is 10.9. The summed E-state index contributed by atoms with van der Waals surface area (Å²) in [7, 11) is -4.42. The van der Waals surface area contributed by atoms with Gasteiger partial charge in [0, 0.05) is 0 Å². The first-order valence-corrected chi connectivity index (χ1v) is 5.65. The second-order valence-electron chi connectivity index (χ2n) is 2.31. The van der Waals surface area contributed by atoms with Crippen molar-refractivity contribution in [2.24, 2.45) is 0 Å². The van der Waals surface area contributed by atoms with Gasteiger partial charge >= 0.3 is 10.3 Å². The fraction of sp³-hybridized carbons (Fsp3) is 0.167. The summed E-state index contributed by atoms with van der Waals surface area (Å²) in [5.74, 6) is -0.749. The Morgan fingerprint density at radius 1 is 1.62 bits per heavy atom. The Morgan fingerprint density at radius 3 is 2.77 bits per heavy atom. The Hall–Kier alpha value is -0.920. The van der Waals surface area contributed by atoms with Crippen molar-refractivity contribution in [3.8, 4) is 0 Å². The second kappa shape index (κ2) is 3.86. The number of carbonyl (C=O) groups excluding carboxylic acids is 1. The number of nitrogens with one attached hydrogen (secondary N) is 1. The zero-order valence-electron chi connectivity index (χ0n) is 6.43. The third-order valence-corrected chi connectivity index (χ3v) is 2.41. The van der Waals surface area contributed by atoms with Crippen LogP contribution in [0, 0.1) is 0 Å². The largest absolute Gasteiger partial charge is 0.359 e. The smallest absolute Gasteiger partial charge is 0.274 e. The maximum Gasteiger partial charge on any atom is 0.359 e. The second-order valence-corrected chi connectivity index (χ2v) is 4.24. The van der Waals surface area contributed by atoms with E-state index >= 15 is 0 Å². The van der Waals surface area contributed by atoms with Gasteiger partial charge in [-0.25, -0.2) is 4.72 Å². The lowest BCUT2D eigenvalue weighted by Gasteiger charge is -1.98. The lowest BCUT2D eigenvalue weighted by molar-refractivity contribution is -0.118. The van der Waals surface area contributed by atoms with E-state index in [0.717, 1.165) is 0 Å². The molecular formula is C6H7NO4S2. The first-order chi connectivity index (χ1) is 5.97. The summed E-state index contributed by atoms with van der Waals surface area (Å²) in [5.41, 5.74) is 0.714. The SMILES string of the molecule is O=C(Cc1ccsc1)NS(=O)(=O)O. The predicted octanol–water partition coefficient (Wildman–Crippen LogP) is 0.210. The van der Waals surface area contributed by atoms with Gasteiger partial charge < -0.3 is 0 Å². The Kier molecular flexibility index (Phi) is 3.02. The van der Waals surface area contributed by atoms with Crippen LogP contribution >= 0.6 is 11.3 Å². The number of thiophene rings is 1. The molecule has 0 fully saturated rings. The molecule has 2 N–H and O–H groups in total. The van der Waals surface area contributed by atoms with Crippen molar-refractivity contribution < 1.29 is 17.8 Å². The molecule has 0 saturated carbocycles. The Balaban J connectivity index is 2.53. The monoisotopic (exact) mass is 221 g/mol. The highest BCUT2D eigenvalue weighted by molar-refractivity contribution is 7.84. The third kappa shape index (κ3) is 4.02. The van der Waals surface area contributed by atoms with Crippen LogP contribution in [0.3, 0.4) is 0 Å². The van der Waals surface area contributed by atoms with E-state index in [2.05, 4.69) is 0 Å². The first kappa shape index (κ1) is 10.2. The van der Waals surface area contributed by atoms with Gasteiger partial charge in [-0.1, -0.05) is 0 Å². The van der Waals surface area contributed by atoms with Crippen LogP contribution in [0.2, 0.25) is 0 Å². The molecule has 0 saturated heterocycles. The van der Waals surface area contributed by atoms with Gasteiger partial charge in [-0.15, -0.1) is 0 Å². The summed E-state index contributed by atoms with van der Waals surface area (Å²) in [5, 5.41) is 3.50. The first-order valence-electron chi connectivity index (χ1n) is 3.26. The molecule has 0 unspecified atom stereocenters. The third-order valence-electron chi connectivity index (χ3n) is 1.19. The summed E-state index contributed by atoms with van der Waals surface area (Å²) >= 11 is 1.41. The highest BCUT2D eigenvalue weighted by Crippen LogP contribution is 2.06. The fourth-order valence-corrected chi connectivity index (χ4v) is 1.79. The minimum atomic E-state index is -4.42. The molecule has 1 heterocycles. The molecule has 0 aliphatic carbocycles. The molecule has 0 aliphatic heterocycles. The summed E-state index contributed by atoms with van der Waals surface area (Å²) in [6.07, 6.45) is -0.0523. The van der Waals surface area contributed by atoms with Crippen LogP contribution in [-0.4, -0.2) is 18.9 Å². The molecule has 1 rings (SSSR count). The van der Waals surface area contributed by atoms with Gasteiger partial charge in [-0.3, -0.25) is 9.35 Å². The molecule has 0 aromatic carbocycles. The standard InChI is InChI=1S/C6H7NO4S2/c8-6(7-13(9,10)11)3-5-1-2-12-4-5/h1-2,4H,3H2,(H,7,8)(H,9,10,11). The van der Waals surface area contributed by atoms with Crippen LogP contribution in [0.15, 0.2) is 16.8 Å². The van der Waals surface area contributed by atoms with Gasteiger partial charge in [0.15, 0.2) is 0 Å². The van der Waals surface area contributed by atoms with Gasteiger partial charge in [0.25, 0.3) is 0 Å². The van der Waals surface area contributed by atoms with Crippen molar-refractivity contribution in [2.75, 3.05) is 0 Å². The molecule has 0 aliphatic rings. The molecule has 72 valence electrons. The van der Waals surface area contributed by atoms with Crippen molar-refractivity contribution in [2.45, 2.75) is 6.42 Å². The van der Waals surface area contributed by atoms with E-state index in [-0.39, 0.29) is 6.42 Å². The van der Waals surface area contributed by atoms with E-state index in [9.17, 15) is 13.2 Å². The summed E-state index contributed by atoms with van der Waals surface area (Å²) < 4.78 is 30.1. The van der Waals surface area contributed by atoms with Crippen molar-refractivity contribution in [1.29, 1.82) is 0 Å². The molecule has 5 nitrogen and oxygen atoms in total. The van der Waals surface area contributed by atoms with E-state index in [1.807, 2.05) is 0 Å². The number of amides is 1. The predicted molar refractivity (Wildman–Crippen MR) is 47.7 cm³/mol. The van der Waals surface area contributed by atoms with Crippen LogP contribution in [0.1, 0.15) is 5.56 Å². The van der Waals surface area contributed by atoms with E-state index in [1.54, 1.807) is 16.8 Å². The van der Waals surface area contributed by atoms with Crippen LogP contribution in [0.25, 0.3) is 0 Å². The van der Waals surface area contributed by atoms with Crippen LogP contribution in [0.5, 0.6) is 0 Å². The van der Waals surface area contributed by atoms with E-state index in [0.29, 0.717) is 5.56 Å². The van der Waals surface area contributed by atoms with Gasteiger partial charge in [-0.2, -0.15) is 19.8 Å². The molecule has 7 heteroatoms. The van der Waals surface area contributed by atoms with Gasteiger partial charge in [0.05, 0.1) is 6.42 Å². The van der Waals surface area contributed by atoms with E-state index in [4.69, 9.17) is 4.55 Å². The summed E-state index contributed by atoms with van der Waals surface area (Å²) in [6.45, 7) is 0. The lowest BCUT2D eigenvalue weighted by atomic mass is 10.2. The van der Waals surface area contributed by atoms with E-state index < -0.39 is 16.2 Å². The molecule has 1 amide bonds. The topological polar surface area (TPSA) is 83.5 Å². The average Bonchev–Trinajstić information content (AvgIpc) is 2.34. The quantitative estimate of drug-likeness (QED) is 0.715. The van der Waals surface area contributed by atoms with Gasteiger partial charge in [0.2, 0.25) is 5.91 Å². The number of hydrogen-bond acceptors (Lipinski definition) is 4. The molecule has 13 heavy (non-hydrogen) atoms.